The molecule has 0 unspecified atom stereocenters. The summed E-state index contributed by atoms with van der Waals surface area (Å²) < 4.78 is 0. The van der Waals surface area contributed by atoms with Crippen LogP contribution in [-0.2, 0) is 4.79 Å². The van der Waals surface area contributed by atoms with Crippen LogP contribution in [0.15, 0.2) is 35.9 Å². The van der Waals surface area contributed by atoms with Gasteiger partial charge >= 0.3 is 0 Å². The highest BCUT2D eigenvalue weighted by Gasteiger charge is 2.28. The lowest BCUT2D eigenvalue weighted by molar-refractivity contribution is -0.116. The van der Waals surface area contributed by atoms with Crippen LogP contribution < -0.4 is 5.32 Å². The first-order valence-electron chi connectivity index (χ1n) is 5.21. The van der Waals surface area contributed by atoms with Crippen LogP contribution in [0.3, 0.4) is 0 Å². The summed E-state index contributed by atoms with van der Waals surface area (Å²) in [5.41, 5.74) is 3.35. The van der Waals surface area contributed by atoms with Crippen LogP contribution in [0.2, 0.25) is 0 Å². The summed E-state index contributed by atoms with van der Waals surface area (Å²) >= 11 is 0. The van der Waals surface area contributed by atoms with Crippen molar-refractivity contribution in [3.8, 4) is 0 Å². The van der Waals surface area contributed by atoms with Crippen molar-refractivity contribution in [2.75, 3.05) is 5.32 Å². The Balaban J connectivity index is 2.26. The minimum absolute atomic E-state index is 0.00361. The maximum atomic E-state index is 11.7. The number of carbonyl (C=O) groups excluding carboxylic acids is 1. The number of benzene rings is 1. The van der Waals surface area contributed by atoms with Crippen LogP contribution in [0.25, 0.3) is 0 Å². The molecular weight excluding hydrogens is 186 g/mol. The molecule has 0 aromatic heterocycles. The summed E-state index contributed by atoms with van der Waals surface area (Å²) in [6, 6.07) is 7.91. The molecule has 0 aliphatic carbocycles. The van der Waals surface area contributed by atoms with Gasteiger partial charge in [-0.25, -0.2) is 0 Å². The first-order chi connectivity index (χ1) is 7.18. The van der Waals surface area contributed by atoms with Crippen LogP contribution in [0, 0.1) is 0 Å². The van der Waals surface area contributed by atoms with Crippen molar-refractivity contribution in [1.29, 1.82) is 0 Å². The molecule has 2 rings (SSSR count). The number of hydrogen-bond donors (Lipinski definition) is 1. The third-order valence-corrected chi connectivity index (χ3v) is 2.67. The third kappa shape index (κ3) is 1.94. The van der Waals surface area contributed by atoms with Gasteiger partial charge in [0, 0.05) is 5.69 Å². The molecule has 1 N–H and O–H groups in total. The lowest BCUT2D eigenvalue weighted by Crippen LogP contribution is -2.11. The number of amides is 1. The van der Waals surface area contributed by atoms with Gasteiger partial charge in [0.1, 0.15) is 0 Å². The van der Waals surface area contributed by atoms with Crippen molar-refractivity contribution in [3.63, 3.8) is 0 Å². The molecule has 1 amide bonds. The number of allylic oxidation sites excluding steroid dienone is 2. The second-order valence-corrected chi connectivity index (χ2v) is 4.15. The van der Waals surface area contributed by atoms with Crippen molar-refractivity contribution in [2.24, 2.45) is 0 Å². The fraction of sp³-hybridized carbons (Fsp3) is 0.308. The van der Waals surface area contributed by atoms with E-state index in [9.17, 15) is 4.79 Å². The van der Waals surface area contributed by atoms with E-state index >= 15 is 0 Å². The molecule has 0 spiro atoms. The van der Waals surface area contributed by atoms with Crippen LogP contribution in [-0.4, -0.2) is 5.91 Å². The average molecular weight is 201 g/mol. The van der Waals surface area contributed by atoms with Gasteiger partial charge in [0.2, 0.25) is 5.91 Å². The second kappa shape index (κ2) is 3.89. The predicted octanol–water partition coefficient (Wildman–Crippen LogP) is 3.08. The molecule has 2 nitrogen and oxygen atoms in total. The first-order valence-corrected chi connectivity index (χ1v) is 5.21. The van der Waals surface area contributed by atoms with E-state index in [1.807, 2.05) is 24.3 Å². The molecule has 0 radical (unpaired) electrons. The van der Waals surface area contributed by atoms with E-state index in [0.29, 0.717) is 0 Å². The maximum absolute atomic E-state index is 11.7. The lowest BCUT2D eigenvalue weighted by atomic mass is 9.96. The van der Waals surface area contributed by atoms with Gasteiger partial charge in [-0.3, -0.25) is 4.79 Å². The van der Waals surface area contributed by atoms with Crippen molar-refractivity contribution in [2.45, 2.75) is 26.2 Å². The maximum Gasteiger partial charge on any atom is 0.232 e. The van der Waals surface area contributed by atoms with Gasteiger partial charge < -0.3 is 5.32 Å². The number of hydrogen-bond acceptors (Lipinski definition) is 1. The molecule has 0 bridgehead atoms. The van der Waals surface area contributed by atoms with E-state index in [0.717, 1.165) is 17.7 Å². The molecular formula is C13H15NO. The summed E-state index contributed by atoms with van der Waals surface area (Å²) in [5, 5.41) is 2.90. The Labute approximate surface area is 90.0 Å². The highest BCUT2D eigenvalue weighted by molar-refractivity contribution is 6.02. The van der Waals surface area contributed by atoms with Crippen LogP contribution in [0.4, 0.5) is 5.69 Å². The SMILES string of the molecule is CC(C)=CC[C@@H]1C(=O)Nc2ccccc21. The third-order valence-electron chi connectivity index (χ3n) is 2.67. The summed E-state index contributed by atoms with van der Waals surface area (Å²) in [4.78, 5) is 11.7. The van der Waals surface area contributed by atoms with Crippen molar-refractivity contribution in [3.05, 3.63) is 41.5 Å². The average Bonchev–Trinajstić information content (AvgIpc) is 2.50. The summed E-state index contributed by atoms with van der Waals surface area (Å²) in [5.74, 6) is 0.116. The molecule has 1 atom stereocenters. The Morgan fingerprint density at radius 2 is 2.13 bits per heavy atom. The van der Waals surface area contributed by atoms with E-state index in [2.05, 4.69) is 25.2 Å². The molecule has 0 saturated heterocycles. The number of carbonyl (C=O) groups is 1. The largest absolute Gasteiger partial charge is 0.325 e. The van der Waals surface area contributed by atoms with E-state index in [1.165, 1.54) is 5.57 Å². The molecule has 1 aromatic carbocycles. The fourth-order valence-corrected chi connectivity index (χ4v) is 1.86. The van der Waals surface area contributed by atoms with Gasteiger partial charge in [0.15, 0.2) is 0 Å². The zero-order valence-corrected chi connectivity index (χ0v) is 9.08. The highest BCUT2D eigenvalue weighted by atomic mass is 16.2. The molecule has 15 heavy (non-hydrogen) atoms. The fourth-order valence-electron chi connectivity index (χ4n) is 1.86. The molecule has 2 heteroatoms. The van der Waals surface area contributed by atoms with Crippen LogP contribution in [0.5, 0.6) is 0 Å². The van der Waals surface area contributed by atoms with Gasteiger partial charge in [0.25, 0.3) is 0 Å². The molecule has 1 aromatic rings. The van der Waals surface area contributed by atoms with E-state index in [4.69, 9.17) is 0 Å². The normalized spacial score (nSPS) is 18.3. The van der Waals surface area contributed by atoms with Crippen molar-refractivity contribution >= 4 is 11.6 Å². The van der Waals surface area contributed by atoms with E-state index < -0.39 is 0 Å². The standard InChI is InChI=1S/C13H15NO/c1-9(2)7-8-11-10-5-3-4-6-12(10)14-13(11)15/h3-7,11H,8H2,1-2H3,(H,14,15)/t11-/m0/s1. The molecule has 1 aliphatic heterocycles. The smallest absolute Gasteiger partial charge is 0.232 e. The van der Waals surface area contributed by atoms with E-state index in [1.54, 1.807) is 0 Å². The summed E-state index contributed by atoms with van der Waals surface area (Å²) in [7, 11) is 0. The van der Waals surface area contributed by atoms with E-state index in [-0.39, 0.29) is 11.8 Å². The van der Waals surface area contributed by atoms with Gasteiger partial charge in [-0.15, -0.1) is 0 Å². The number of nitrogens with one attached hydrogen (secondary N) is 1. The minimum atomic E-state index is -0.00361. The Kier molecular flexibility index (Phi) is 2.58. The summed E-state index contributed by atoms with van der Waals surface area (Å²) in [6.07, 6.45) is 2.91. The Bertz CT molecular complexity index is 416. The minimum Gasteiger partial charge on any atom is -0.325 e. The number of rotatable bonds is 2. The molecule has 1 aliphatic rings. The highest BCUT2D eigenvalue weighted by Crippen LogP contribution is 2.34. The van der Waals surface area contributed by atoms with Crippen LogP contribution in [0.1, 0.15) is 31.7 Å². The Hall–Kier alpha value is -1.57. The van der Waals surface area contributed by atoms with Gasteiger partial charge in [-0.1, -0.05) is 29.8 Å². The van der Waals surface area contributed by atoms with Crippen LogP contribution >= 0.6 is 0 Å². The predicted molar refractivity (Wildman–Crippen MR) is 61.9 cm³/mol. The zero-order valence-electron chi connectivity index (χ0n) is 9.08. The Morgan fingerprint density at radius 3 is 2.87 bits per heavy atom. The van der Waals surface area contributed by atoms with Gasteiger partial charge in [-0.05, 0) is 31.9 Å². The molecule has 0 fully saturated rings. The number of para-hydroxylation sites is 1. The molecule has 78 valence electrons. The quantitative estimate of drug-likeness (QED) is 0.732. The second-order valence-electron chi connectivity index (χ2n) is 4.15. The topological polar surface area (TPSA) is 29.1 Å². The summed E-state index contributed by atoms with van der Waals surface area (Å²) in [6.45, 7) is 4.11. The zero-order chi connectivity index (χ0) is 10.8. The monoisotopic (exact) mass is 201 g/mol. The Morgan fingerprint density at radius 1 is 1.40 bits per heavy atom. The number of anilines is 1. The van der Waals surface area contributed by atoms with Gasteiger partial charge in [0.05, 0.1) is 5.92 Å². The molecule has 0 saturated carbocycles. The van der Waals surface area contributed by atoms with Gasteiger partial charge in [-0.2, -0.15) is 0 Å². The number of fused-ring (bicyclic) bond motifs is 1. The molecule has 1 heterocycles. The van der Waals surface area contributed by atoms with Crippen molar-refractivity contribution in [1.82, 2.24) is 0 Å². The lowest BCUT2D eigenvalue weighted by Gasteiger charge is -2.05. The van der Waals surface area contributed by atoms with Crippen molar-refractivity contribution < 1.29 is 4.79 Å². The first kappa shape index (κ1) is 9.97.